The highest BCUT2D eigenvalue weighted by Crippen LogP contribution is 2.32. The van der Waals surface area contributed by atoms with E-state index in [0.717, 1.165) is 22.0 Å². The number of carbonyl (C=O) groups excluding carboxylic acids is 2. The van der Waals surface area contributed by atoms with E-state index in [-0.39, 0.29) is 11.9 Å². The molecule has 0 saturated heterocycles. The van der Waals surface area contributed by atoms with Crippen LogP contribution in [0.3, 0.4) is 0 Å². The molecule has 4 rings (SSSR count). The van der Waals surface area contributed by atoms with Crippen LogP contribution in [0.4, 0.5) is 16.2 Å². The maximum atomic E-state index is 12.8. The highest BCUT2D eigenvalue weighted by Gasteiger charge is 2.23. The number of fused-ring (bicyclic) bond motifs is 1. The van der Waals surface area contributed by atoms with E-state index in [1.807, 2.05) is 24.3 Å². The van der Waals surface area contributed by atoms with Crippen LogP contribution >= 0.6 is 11.8 Å². The van der Waals surface area contributed by atoms with Gasteiger partial charge >= 0.3 is 6.03 Å². The molecule has 2 N–H and O–H groups in total. The zero-order valence-electron chi connectivity index (χ0n) is 15.5. The molecule has 1 aromatic carbocycles. The Bertz CT molecular complexity index is 1030. The van der Waals surface area contributed by atoms with Gasteiger partial charge in [-0.1, -0.05) is 12.1 Å². The van der Waals surface area contributed by atoms with Crippen molar-refractivity contribution in [1.29, 1.82) is 0 Å². The summed E-state index contributed by atoms with van der Waals surface area (Å²) in [5.74, 6) is 0.572. The lowest BCUT2D eigenvalue weighted by atomic mass is 10.2. The fourth-order valence-corrected chi connectivity index (χ4v) is 3.91. The Morgan fingerprint density at radius 3 is 2.86 bits per heavy atom. The molecule has 0 saturated carbocycles. The van der Waals surface area contributed by atoms with Gasteiger partial charge in [0, 0.05) is 48.7 Å². The van der Waals surface area contributed by atoms with E-state index in [1.165, 1.54) is 0 Å². The number of urea groups is 1. The third-order valence-corrected chi connectivity index (χ3v) is 5.37. The van der Waals surface area contributed by atoms with Crippen LogP contribution in [0.15, 0.2) is 72.1 Å². The number of aromatic nitrogens is 2. The molecule has 0 unspecified atom stereocenters. The van der Waals surface area contributed by atoms with Gasteiger partial charge in [-0.05, 0) is 42.0 Å². The Labute approximate surface area is 172 Å². The van der Waals surface area contributed by atoms with Gasteiger partial charge in [-0.25, -0.2) is 9.78 Å². The molecule has 0 bridgehead atoms. The topological polar surface area (TPSA) is 87.2 Å². The lowest BCUT2D eigenvalue weighted by Gasteiger charge is -2.28. The largest absolute Gasteiger partial charge is 0.348 e. The van der Waals surface area contributed by atoms with Gasteiger partial charge in [0.2, 0.25) is 0 Å². The quantitative estimate of drug-likeness (QED) is 0.693. The zero-order valence-corrected chi connectivity index (χ0v) is 16.4. The van der Waals surface area contributed by atoms with E-state index in [0.29, 0.717) is 24.3 Å². The first-order valence-corrected chi connectivity index (χ1v) is 10.1. The molecule has 1 aliphatic heterocycles. The monoisotopic (exact) mass is 405 g/mol. The van der Waals surface area contributed by atoms with Crippen molar-refractivity contribution in [2.75, 3.05) is 22.5 Å². The molecule has 3 aromatic rings. The molecule has 8 heteroatoms. The summed E-state index contributed by atoms with van der Waals surface area (Å²) in [6.07, 6.45) is 5.12. The van der Waals surface area contributed by atoms with Crippen LogP contribution in [0, 0.1) is 0 Å². The summed E-state index contributed by atoms with van der Waals surface area (Å²) in [7, 11) is 0. The van der Waals surface area contributed by atoms with Crippen molar-refractivity contribution >= 4 is 35.1 Å². The molecule has 0 atom stereocenters. The van der Waals surface area contributed by atoms with E-state index in [4.69, 9.17) is 0 Å². The van der Waals surface area contributed by atoms with Gasteiger partial charge in [0.15, 0.2) is 0 Å². The predicted molar refractivity (Wildman–Crippen MR) is 113 cm³/mol. The van der Waals surface area contributed by atoms with Crippen molar-refractivity contribution in [2.45, 2.75) is 11.6 Å². The summed E-state index contributed by atoms with van der Waals surface area (Å²) in [6, 6.07) is 14.1. The Hall–Kier alpha value is -3.39. The second-order valence-corrected chi connectivity index (χ2v) is 7.47. The smallest absolute Gasteiger partial charge is 0.326 e. The lowest BCUT2D eigenvalue weighted by Crippen LogP contribution is -2.38. The van der Waals surface area contributed by atoms with E-state index in [9.17, 15) is 9.59 Å². The molecule has 0 aliphatic carbocycles. The van der Waals surface area contributed by atoms with Crippen LogP contribution in [0.2, 0.25) is 0 Å². The highest BCUT2D eigenvalue weighted by atomic mass is 32.2. The second kappa shape index (κ2) is 8.74. The Kier molecular flexibility index (Phi) is 5.71. The molecule has 7 nitrogen and oxygen atoms in total. The summed E-state index contributed by atoms with van der Waals surface area (Å²) in [6.45, 7) is 0.985. The average Bonchev–Trinajstić information content (AvgIpc) is 2.78. The fraction of sp³-hybridized carbons (Fsp3) is 0.143. The molecule has 2 aromatic heterocycles. The van der Waals surface area contributed by atoms with Gasteiger partial charge < -0.3 is 10.6 Å². The van der Waals surface area contributed by atoms with Crippen LogP contribution < -0.4 is 15.5 Å². The summed E-state index contributed by atoms with van der Waals surface area (Å²) in [5, 5.41) is 6.59. The highest BCUT2D eigenvalue weighted by molar-refractivity contribution is 7.99. The van der Waals surface area contributed by atoms with E-state index in [2.05, 4.69) is 20.6 Å². The Morgan fingerprint density at radius 2 is 2.00 bits per heavy atom. The summed E-state index contributed by atoms with van der Waals surface area (Å²) in [4.78, 5) is 35.3. The number of benzene rings is 1. The number of thioether (sulfide) groups is 1. The molecule has 3 amide bonds. The van der Waals surface area contributed by atoms with Crippen molar-refractivity contribution < 1.29 is 9.59 Å². The predicted octanol–water partition coefficient (Wildman–Crippen LogP) is 3.55. The van der Waals surface area contributed by atoms with E-state index in [1.54, 1.807) is 59.5 Å². The lowest BCUT2D eigenvalue weighted by molar-refractivity contribution is 0.0951. The number of amides is 3. The van der Waals surface area contributed by atoms with Crippen LogP contribution in [-0.4, -0.2) is 34.2 Å². The summed E-state index contributed by atoms with van der Waals surface area (Å²) < 4.78 is 0. The number of nitrogens with zero attached hydrogens (tertiary/aromatic N) is 3. The van der Waals surface area contributed by atoms with E-state index < -0.39 is 0 Å². The van der Waals surface area contributed by atoms with Gasteiger partial charge in [0.25, 0.3) is 5.91 Å². The summed E-state index contributed by atoms with van der Waals surface area (Å²) in [5.41, 5.74) is 2.75. The third kappa shape index (κ3) is 4.55. The molecule has 29 heavy (non-hydrogen) atoms. The molecule has 0 fully saturated rings. The Morgan fingerprint density at radius 1 is 1.10 bits per heavy atom. The first-order chi connectivity index (χ1) is 14.2. The molecule has 0 radical (unpaired) electrons. The van der Waals surface area contributed by atoms with Gasteiger partial charge in [0.1, 0.15) is 5.03 Å². The minimum Gasteiger partial charge on any atom is -0.348 e. The molecular weight excluding hydrogens is 386 g/mol. The fourth-order valence-electron chi connectivity index (χ4n) is 2.98. The molecule has 1 aliphatic rings. The van der Waals surface area contributed by atoms with Crippen LogP contribution in [0.5, 0.6) is 0 Å². The van der Waals surface area contributed by atoms with Crippen molar-refractivity contribution in [3.63, 3.8) is 0 Å². The van der Waals surface area contributed by atoms with Crippen LogP contribution in [0.1, 0.15) is 15.9 Å². The minimum atomic E-state index is -0.243. The normalized spacial score (nSPS) is 12.8. The van der Waals surface area contributed by atoms with Crippen molar-refractivity contribution in [2.24, 2.45) is 0 Å². The SMILES string of the molecule is O=C(NCc1cccnc1)c1cccc(NC(=O)N2CCSc3ncccc32)c1. The number of pyridine rings is 2. The van der Waals surface area contributed by atoms with Crippen LogP contribution in [-0.2, 0) is 6.54 Å². The maximum absolute atomic E-state index is 12.8. The number of hydrogen-bond donors (Lipinski definition) is 2. The van der Waals surface area contributed by atoms with Crippen molar-refractivity contribution in [1.82, 2.24) is 15.3 Å². The molecule has 146 valence electrons. The van der Waals surface area contributed by atoms with E-state index >= 15 is 0 Å². The molecule has 0 spiro atoms. The van der Waals surface area contributed by atoms with Gasteiger partial charge in [-0.3, -0.25) is 14.7 Å². The molecular formula is C21H19N5O2S. The first kappa shape index (κ1) is 18.9. The second-order valence-electron chi connectivity index (χ2n) is 6.38. The van der Waals surface area contributed by atoms with Gasteiger partial charge in [-0.2, -0.15) is 0 Å². The summed E-state index contributed by atoms with van der Waals surface area (Å²) >= 11 is 1.64. The Balaban J connectivity index is 1.42. The van der Waals surface area contributed by atoms with Crippen molar-refractivity contribution in [3.05, 3.63) is 78.2 Å². The standard InChI is InChI=1S/C21H19N5O2S/c27-19(24-14-15-4-2-8-22-13-15)16-5-1-6-17(12-16)25-21(28)26-10-11-29-20-18(26)7-3-9-23-20/h1-9,12-13H,10-11,14H2,(H,24,27)(H,25,28). The number of hydrogen-bond acceptors (Lipinski definition) is 5. The van der Waals surface area contributed by atoms with Gasteiger partial charge in [0.05, 0.1) is 5.69 Å². The van der Waals surface area contributed by atoms with Crippen LogP contribution in [0.25, 0.3) is 0 Å². The number of nitrogens with one attached hydrogen (secondary N) is 2. The zero-order chi connectivity index (χ0) is 20.1. The first-order valence-electron chi connectivity index (χ1n) is 9.14. The van der Waals surface area contributed by atoms with Gasteiger partial charge in [-0.15, -0.1) is 11.8 Å². The van der Waals surface area contributed by atoms with Crippen molar-refractivity contribution in [3.8, 4) is 0 Å². The number of carbonyl (C=O) groups is 2. The number of anilines is 2. The third-order valence-electron chi connectivity index (χ3n) is 4.39. The average molecular weight is 405 g/mol. The molecule has 3 heterocycles. The number of rotatable bonds is 4. The maximum Gasteiger partial charge on any atom is 0.326 e. The minimum absolute atomic E-state index is 0.214.